The lowest BCUT2D eigenvalue weighted by Crippen LogP contribution is -2.53. The maximum atomic E-state index is 12.6. The highest BCUT2D eigenvalue weighted by Crippen LogP contribution is 2.20. The summed E-state index contributed by atoms with van der Waals surface area (Å²) in [7, 11) is 0. The molecule has 26 heavy (non-hydrogen) atoms. The summed E-state index contributed by atoms with van der Waals surface area (Å²) in [4.78, 5) is 31.0. The summed E-state index contributed by atoms with van der Waals surface area (Å²) in [5, 5.41) is 0. The zero-order valence-corrected chi connectivity index (χ0v) is 15.6. The highest BCUT2D eigenvalue weighted by atomic mass is 16.5. The number of amides is 2. The molecule has 1 aromatic carbocycles. The third kappa shape index (κ3) is 5.05. The van der Waals surface area contributed by atoms with E-state index in [9.17, 15) is 9.59 Å². The van der Waals surface area contributed by atoms with E-state index in [0.29, 0.717) is 52.4 Å². The summed E-state index contributed by atoms with van der Waals surface area (Å²) in [5.74, 6) is 0.558. The summed E-state index contributed by atoms with van der Waals surface area (Å²) in [5.41, 5.74) is 1.19. The third-order valence-corrected chi connectivity index (χ3v) is 5.30. The molecule has 1 atom stereocenters. The Bertz CT molecular complexity index is 594. The number of benzene rings is 1. The molecule has 0 saturated carbocycles. The van der Waals surface area contributed by atoms with E-state index < -0.39 is 0 Å². The topological polar surface area (TPSA) is 53.1 Å². The summed E-state index contributed by atoms with van der Waals surface area (Å²) >= 11 is 0. The van der Waals surface area contributed by atoms with Gasteiger partial charge in [-0.2, -0.15) is 0 Å². The molecule has 6 nitrogen and oxygen atoms in total. The Morgan fingerprint density at radius 2 is 1.50 bits per heavy atom. The Kier molecular flexibility index (Phi) is 6.63. The van der Waals surface area contributed by atoms with E-state index >= 15 is 0 Å². The second kappa shape index (κ2) is 9.14. The summed E-state index contributed by atoms with van der Waals surface area (Å²) in [6, 6.07) is 10.1. The number of hydrogen-bond acceptors (Lipinski definition) is 4. The first-order valence-corrected chi connectivity index (χ1v) is 9.54. The molecule has 0 spiro atoms. The van der Waals surface area contributed by atoms with Crippen molar-refractivity contribution in [2.45, 2.75) is 19.3 Å². The molecule has 0 radical (unpaired) electrons. The fraction of sp³-hybridized carbons (Fsp3) is 0.600. The molecular weight excluding hydrogens is 330 g/mol. The van der Waals surface area contributed by atoms with Crippen LogP contribution < -0.4 is 0 Å². The van der Waals surface area contributed by atoms with Crippen molar-refractivity contribution in [2.75, 3.05) is 59.0 Å². The van der Waals surface area contributed by atoms with Crippen molar-refractivity contribution < 1.29 is 14.3 Å². The van der Waals surface area contributed by atoms with E-state index in [1.807, 2.05) is 28.0 Å². The largest absolute Gasteiger partial charge is 0.379 e. The fourth-order valence-electron chi connectivity index (χ4n) is 3.55. The van der Waals surface area contributed by atoms with Crippen LogP contribution in [0.1, 0.15) is 24.8 Å². The second-order valence-corrected chi connectivity index (χ2v) is 7.17. The smallest absolute Gasteiger partial charge is 0.236 e. The van der Waals surface area contributed by atoms with Gasteiger partial charge in [0, 0.05) is 45.7 Å². The quantitative estimate of drug-likeness (QED) is 0.792. The van der Waals surface area contributed by atoms with Crippen LogP contribution in [0.5, 0.6) is 0 Å². The first-order chi connectivity index (χ1) is 12.6. The molecule has 0 N–H and O–H groups in total. The molecule has 2 saturated heterocycles. The van der Waals surface area contributed by atoms with E-state index in [2.05, 4.69) is 24.0 Å². The van der Waals surface area contributed by atoms with Gasteiger partial charge in [-0.25, -0.2) is 0 Å². The number of morpholine rings is 1. The molecule has 0 aromatic heterocycles. The van der Waals surface area contributed by atoms with Crippen molar-refractivity contribution in [1.29, 1.82) is 0 Å². The SMILES string of the molecule is CC(CC(=O)N1CCN(C(=O)CN2CCOCC2)CC1)c1ccccc1. The average molecular weight is 359 g/mol. The number of nitrogens with zero attached hydrogens (tertiary/aromatic N) is 3. The number of rotatable bonds is 5. The van der Waals surface area contributed by atoms with Crippen LogP contribution in [0.3, 0.4) is 0 Å². The summed E-state index contributed by atoms with van der Waals surface area (Å²) in [6.07, 6.45) is 0.520. The number of carbonyl (C=O) groups is 2. The van der Waals surface area contributed by atoms with Gasteiger partial charge in [0.1, 0.15) is 0 Å². The monoisotopic (exact) mass is 359 g/mol. The lowest BCUT2D eigenvalue weighted by atomic mass is 9.97. The van der Waals surface area contributed by atoms with E-state index in [0.717, 1.165) is 13.1 Å². The van der Waals surface area contributed by atoms with Gasteiger partial charge in [-0.15, -0.1) is 0 Å². The first kappa shape index (κ1) is 18.9. The van der Waals surface area contributed by atoms with Crippen molar-refractivity contribution in [3.8, 4) is 0 Å². The van der Waals surface area contributed by atoms with Crippen molar-refractivity contribution in [2.24, 2.45) is 0 Å². The molecule has 2 aliphatic rings. The van der Waals surface area contributed by atoms with Crippen LogP contribution in [-0.2, 0) is 14.3 Å². The molecule has 0 bridgehead atoms. The zero-order chi connectivity index (χ0) is 18.4. The predicted octanol–water partition coefficient (Wildman–Crippen LogP) is 1.18. The highest BCUT2D eigenvalue weighted by Gasteiger charge is 2.26. The molecule has 0 aliphatic carbocycles. The number of ether oxygens (including phenoxy) is 1. The van der Waals surface area contributed by atoms with Crippen molar-refractivity contribution in [1.82, 2.24) is 14.7 Å². The predicted molar refractivity (Wildman–Crippen MR) is 99.9 cm³/mol. The first-order valence-electron chi connectivity index (χ1n) is 9.54. The van der Waals surface area contributed by atoms with Crippen LogP contribution in [0.2, 0.25) is 0 Å². The van der Waals surface area contributed by atoms with Gasteiger partial charge in [-0.3, -0.25) is 14.5 Å². The van der Waals surface area contributed by atoms with Gasteiger partial charge in [0.05, 0.1) is 19.8 Å². The summed E-state index contributed by atoms with van der Waals surface area (Å²) in [6.45, 7) is 8.14. The van der Waals surface area contributed by atoms with Gasteiger partial charge >= 0.3 is 0 Å². The van der Waals surface area contributed by atoms with Gasteiger partial charge in [0.2, 0.25) is 11.8 Å². The standard InChI is InChI=1S/C20H29N3O3/c1-17(18-5-3-2-4-6-18)15-19(24)22-7-9-23(10-8-22)20(25)16-21-11-13-26-14-12-21/h2-6,17H,7-16H2,1H3. The minimum atomic E-state index is 0.164. The molecule has 142 valence electrons. The normalized spacial score (nSPS) is 20.0. The average Bonchev–Trinajstić information content (AvgIpc) is 2.69. The fourth-order valence-corrected chi connectivity index (χ4v) is 3.55. The van der Waals surface area contributed by atoms with Gasteiger partial charge in [-0.05, 0) is 11.5 Å². The number of piperazine rings is 1. The van der Waals surface area contributed by atoms with E-state index in [1.165, 1.54) is 5.56 Å². The Labute approximate surface area is 155 Å². The van der Waals surface area contributed by atoms with Crippen LogP contribution in [0.15, 0.2) is 30.3 Å². The molecule has 2 heterocycles. The minimum Gasteiger partial charge on any atom is -0.379 e. The molecule has 6 heteroatoms. The molecule has 3 rings (SSSR count). The highest BCUT2D eigenvalue weighted by molar-refractivity contribution is 5.80. The van der Waals surface area contributed by atoms with Crippen LogP contribution in [-0.4, -0.2) is 85.5 Å². The van der Waals surface area contributed by atoms with Crippen LogP contribution in [0, 0.1) is 0 Å². The van der Waals surface area contributed by atoms with Crippen LogP contribution in [0.4, 0.5) is 0 Å². The molecule has 2 aliphatic heterocycles. The van der Waals surface area contributed by atoms with Crippen LogP contribution >= 0.6 is 0 Å². The van der Waals surface area contributed by atoms with E-state index in [1.54, 1.807) is 0 Å². The summed E-state index contributed by atoms with van der Waals surface area (Å²) < 4.78 is 5.32. The Balaban J connectivity index is 1.42. The maximum Gasteiger partial charge on any atom is 0.236 e. The van der Waals surface area contributed by atoms with E-state index in [-0.39, 0.29) is 17.7 Å². The third-order valence-electron chi connectivity index (χ3n) is 5.30. The lowest BCUT2D eigenvalue weighted by Gasteiger charge is -2.36. The molecule has 2 fully saturated rings. The van der Waals surface area contributed by atoms with Gasteiger partial charge in [0.25, 0.3) is 0 Å². The van der Waals surface area contributed by atoms with E-state index in [4.69, 9.17) is 4.74 Å². The molecule has 2 amide bonds. The minimum absolute atomic E-state index is 0.164. The maximum absolute atomic E-state index is 12.6. The number of hydrogen-bond donors (Lipinski definition) is 0. The van der Waals surface area contributed by atoms with Crippen molar-refractivity contribution in [3.63, 3.8) is 0 Å². The molecule has 1 aromatic rings. The van der Waals surface area contributed by atoms with Crippen molar-refractivity contribution in [3.05, 3.63) is 35.9 Å². The Hall–Kier alpha value is -1.92. The molecular formula is C20H29N3O3. The lowest BCUT2D eigenvalue weighted by molar-refractivity contribution is -0.141. The van der Waals surface area contributed by atoms with Crippen LogP contribution in [0.25, 0.3) is 0 Å². The number of carbonyl (C=O) groups excluding carboxylic acids is 2. The second-order valence-electron chi connectivity index (χ2n) is 7.17. The Morgan fingerprint density at radius 1 is 0.923 bits per heavy atom. The van der Waals surface area contributed by atoms with Crippen molar-refractivity contribution >= 4 is 11.8 Å². The zero-order valence-electron chi connectivity index (χ0n) is 15.6. The van der Waals surface area contributed by atoms with Gasteiger partial charge in [0.15, 0.2) is 0 Å². The molecule has 1 unspecified atom stereocenters. The Morgan fingerprint density at radius 3 is 2.12 bits per heavy atom. The van der Waals surface area contributed by atoms with Gasteiger partial charge < -0.3 is 14.5 Å². The van der Waals surface area contributed by atoms with Gasteiger partial charge in [-0.1, -0.05) is 37.3 Å².